The van der Waals surface area contributed by atoms with E-state index in [1.54, 1.807) is 0 Å². The second-order valence-electron chi connectivity index (χ2n) is 5.89. The summed E-state index contributed by atoms with van der Waals surface area (Å²) in [6.45, 7) is 0. The molecule has 0 bridgehead atoms. The van der Waals surface area contributed by atoms with Gasteiger partial charge in [0.05, 0.1) is 5.60 Å². The lowest BCUT2D eigenvalue weighted by Gasteiger charge is -2.39. The topological polar surface area (TPSA) is 46.2 Å². The van der Waals surface area contributed by atoms with E-state index < -0.39 is 5.60 Å². The van der Waals surface area contributed by atoms with Crippen molar-refractivity contribution >= 4 is 0 Å². The highest BCUT2D eigenvalue weighted by Crippen LogP contribution is 2.39. The molecule has 94 valence electrons. The van der Waals surface area contributed by atoms with Crippen LogP contribution in [0.4, 0.5) is 0 Å². The highest BCUT2D eigenvalue weighted by atomic mass is 16.3. The maximum Gasteiger partial charge on any atom is 0.0825 e. The summed E-state index contributed by atoms with van der Waals surface area (Å²) in [6, 6.07) is 0.0260. The second-order valence-corrected chi connectivity index (χ2v) is 5.89. The van der Waals surface area contributed by atoms with Gasteiger partial charge in [0, 0.05) is 6.04 Å². The minimum atomic E-state index is -0.541. The highest BCUT2D eigenvalue weighted by molar-refractivity contribution is 4.97. The minimum Gasteiger partial charge on any atom is -0.388 e. The molecular formula is C14H27NO. The number of aliphatic hydroxyl groups is 1. The van der Waals surface area contributed by atoms with Gasteiger partial charge in [-0.2, -0.15) is 0 Å². The van der Waals surface area contributed by atoms with E-state index in [4.69, 9.17) is 5.73 Å². The summed E-state index contributed by atoms with van der Waals surface area (Å²) in [5.41, 5.74) is 5.70. The van der Waals surface area contributed by atoms with Gasteiger partial charge in [0.1, 0.15) is 0 Å². The molecule has 2 saturated carbocycles. The van der Waals surface area contributed by atoms with Crippen molar-refractivity contribution in [2.75, 3.05) is 0 Å². The van der Waals surface area contributed by atoms with Crippen LogP contribution in [0.1, 0.15) is 70.6 Å². The largest absolute Gasteiger partial charge is 0.388 e. The predicted molar refractivity (Wildman–Crippen MR) is 67.2 cm³/mol. The number of hydrogen-bond donors (Lipinski definition) is 2. The highest BCUT2D eigenvalue weighted by Gasteiger charge is 2.42. The third-order valence-electron chi connectivity index (χ3n) is 4.80. The van der Waals surface area contributed by atoms with Gasteiger partial charge in [0.25, 0.3) is 0 Å². The molecule has 0 saturated heterocycles. The van der Waals surface area contributed by atoms with Crippen molar-refractivity contribution in [2.24, 2.45) is 11.7 Å². The fraction of sp³-hybridized carbons (Fsp3) is 1.00. The Morgan fingerprint density at radius 3 is 2.06 bits per heavy atom. The molecule has 0 spiro atoms. The van der Waals surface area contributed by atoms with Gasteiger partial charge in [-0.15, -0.1) is 0 Å². The van der Waals surface area contributed by atoms with E-state index in [1.807, 2.05) is 0 Å². The molecule has 2 rings (SSSR count). The van der Waals surface area contributed by atoms with E-state index >= 15 is 0 Å². The van der Waals surface area contributed by atoms with Crippen molar-refractivity contribution in [1.29, 1.82) is 0 Å². The molecule has 2 atom stereocenters. The molecule has 2 nitrogen and oxygen atoms in total. The van der Waals surface area contributed by atoms with Gasteiger partial charge >= 0.3 is 0 Å². The van der Waals surface area contributed by atoms with Crippen LogP contribution in [0.15, 0.2) is 0 Å². The van der Waals surface area contributed by atoms with E-state index in [-0.39, 0.29) is 6.04 Å². The van der Waals surface area contributed by atoms with Crippen LogP contribution >= 0.6 is 0 Å². The Labute approximate surface area is 99.6 Å². The number of nitrogens with two attached hydrogens (primary N) is 1. The zero-order chi connectivity index (χ0) is 11.4. The van der Waals surface area contributed by atoms with Crippen LogP contribution in [0, 0.1) is 5.92 Å². The molecule has 0 amide bonds. The smallest absolute Gasteiger partial charge is 0.0825 e. The summed E-state index contributed by atoms with van der Waals surface area (Å²) in [5, 5.41) is 10.9. The molecule has 3 N–H and O–H groups in total. The molecule has 0 aliphatic heterocycles. The lowest BCUT2D eigenvalue weighted by Crippen LogP contribution is -2.52. The molecule has 2 unspecified atom stereocenters. The van der Waals surface area contributed by atoms with Crippen LogP contribution in [-0.4, -0.2) is 16.7 Å². The van der Waals surface area contributed by atoms with Crippen molar-refractivity contribution in [3.8, 4) is 0 Å². The zero-order valence-electron chi connectivity index (χ0n) is 10.5. The number of hydrogen-bond acceptors (Lipinski definition) is 2. The van der Waals surface area contributed by atoms with Gasteiger partial charge in [-0.3, -0.25) is 0 Å². The van der Waals surface area contributed by atoms with Crippen LogP contribution in [0.2, 0.25) is 0 Å². The van der Waals surface area contributed by atoms with Crippen LogP contribution in [-0.2, 0) is 0 Å². The molecule has 0 aromatic rings. The van der Waals surface area contributed by atoms with Crippen molar-refractivity contribution in [1.82, 2.24) is 0 Å². The van der Waals surface area contributed by atoms with Crippen LogP contribution in [0.3, 0.4) is 0 Å². The summed E-state index contributed by atoms with van der Waals surface area (Å²) < 4.78 is 0. The third-order valence-corrected chi connectivity index (χ3v) is 4.80. The fourth-order valence-corrected chi connectivity index (χ4v) is 3.67. The quantitative estimate of drug-likeness (QED) is 0.674. The Morgan fingerprint density at radius 1 is 0.812 bits per heavy atom. The van der Waals surface area contributed by atoms with Crippen molar-refractivity contribution < 1.29 is 5.11 Å². The Kier molecular flexibility index (Phi) is 4.26. The molecule has 2 aliphatic rings. The predicted octanol–water partition coefficient (Wildman–Crippen LogP) is 2.98. The average molecular weight is 225 g/mol. The fourth-order valence-electron chi connectivity index (χ4n) is 3.67. The van der Waals surface area contributed by atoms with Gasteiger partial charge in [-0.1, -0.05) is 44.9 Å². The van der Waals surface area contributed by atoms with E-state index in [9.17, 15) is 5.11 Å². The van der Waals surface area contributed by atoms with Gasteiger partial charge in [-0.25, -0.2) is 0 Å². The van der Waals surface area contributed by atoms with Crippen LogP contribution in [0.5, 0.6) is 0 Å². The third kappa shape index (κ3) is 2.60. The average Bonchev–Trinajstić information content (AvgIpc) is 2.63. The van der Waals surface area contributed by atoms with Crippen molar-refractivity contribution in [3.63, 3.8) is 0 Å². The Morgan fingerprint density at radius 2 is 1.38 bits per heavy atom. The Hall–Kier alpha value is -0.0800. The molecule has 16 heavy (non-hydrogen) atoms. The first-order valence-electron chi connectivity index (χ1n) is 7.21. The molecule has 0 radical (unpaired) electrons. The molecule has 0 aromatic heterocycles. The lowest BCUT2D eigenvalue weighted by atomic mass is 9.74. The summed E-state index contributed by atoms with van der Waals surface area (Å²) in [5.74, 6) is 0.475. The normalized spacial score (nSPS) is 39.0. The van der Waals surface area contributed by atoms with Gasteiger partial charge < -0.3 is 10.8 Å². The number of rotatable bonds is 1. The van der Waals surface area contributed by atoms with Crippen molar-refractivity contribution in [3.05, 3.63) is 0 Å². The second kappa shape index (κ2) is 5.50. The summed E-state index contributed by atoms with van der Waals surface area (Å²) in [7, 11) is 0. The summed E-state index contributed by atoms with van der Waals surface area (Å²) in [6.07, 6.45) is 13.3. The molecule has 2 aliphatic carbocycles. The standard InChI is InChI=1S/C14H27NO/c15-13-10-6-3-7-11-14(13,16)12-8-4-1-2-5-9-12/h12-13,16H,1-11,15H2. The maximum absolute atomic E-state index is 10.9. The first-order valence-corrected chi connectivity index (χ1v) is 7.21. The summed E-state index contributed by atoms with van der Waals surface area (Å²) in [4.78, 5) is 0. The van der Waals surface area contributed by atoms with Crippen LogP contribution < -0.4 is 5.73 Å². The first kappa shape index (κ1) is 12.4. The Bertz CT molecular complexity index is 211. The SMILES string of the molecule is NC1CCCCCC1(O)C1CCCCCC1. The molecule has 2 fully saturated rings. The summed E-state index contributed by atoms with van der Waals surface area (Å²) >= 11 is 0. The molecule has 2 heteroatoms. The van der Waals surface area contributed by atoms with Crippen LogP contribution in [0.25, 0.3) is 0 Å². The van der Waals surface area contributed by atoms with E-state index in [0.29, 0.717) is 5.92 Å². The molecular weight excluding hydrogens is 198 g/mol. The van der Waals surface area contributed by atoms with E-state index in [2.05, 4.69) is 0 Å². The van der Waals surface area contributed by atoms with Gasteiger partial charge in [0.2, 0.25) is 0 Å². The first-order chi connectivity index (χ1) is 7.73. The van der Waals surface area contributed by atoms with Crippen molar-refractivity contribution in [2.45, 2.75) is 82.3 Å². The zero-order valence-corrected chi connectivity index (χ0v) is 10.5. The minimum absolute atomic E-state index is 0.0260. The van der Waals surface area contributed by atoms with E-state index in [1.165, 1.54) is 57.8 Å². The van der Waals surface area contributed by atoms with Gasteiger partial charge in [-0.05, 0) is 31.6 Å². The lowest BCUT2D eigenvalue weighted by molar-refractivity contribution is -0.0521. The monoisotopic (exact) mass is 225 g/mol. The maximum atomic E-state index is 10.9. The molecule has 0 heterocycles. The van der Waals surface area contributed by atoms with E-state index in [0.717, 1.165) is 12.8 Å². The Balaban J connectivity index is 2.06. The van der Waals surface area contributed by atoms with Gasteiger partial charge in [0.15, 0.2) is 0 Å². The molecule has 0 aromatic carbocycles.